The topological polar surface area (TPSA) is 35.2 Å². The number of benzene rings is 1. The maximum absolute atomic E-state index is 5.77. The van der Waals surface area contributed by atoms with Crippen molar-refractivity contribution in [2.24, 2.45) is 5.73 Å². The molecule has 0 saturated heterocycles. The van der Waals surface area contributed by atoms with Crippen LogP contribution in [-0.2, 0) is 0 Å². The van der Waals surface area contributed by atoms with Gasteiger partial charge in [0.1, 0.15) is 5.75 Å². The lowest BCUT2D eigenvalue weighted by molar-refractivity contribution is 0.242. The Morgan fingerprint density at radius 1 is 1.29 bits per heavy atom. The van der Waals surface area contributed by atoms with Crippen LogP contribution >= 0.6 is 11.6 Å². The molecule has 1 aromatic carbocycles. The highest BCUT2D eigenvalue weighted by atomic mass is 35.5. The zero-order valence-electron chi connectivity index (χ0n) is 8.53. The fourth-order valence-electron chi connectivity index (χ4n) is 1.15. The average Bonchev–Trinajstić information content (AvgIpc) is 2.17. The summed E-state index contributed by atoms with van der Waals surface area (Å²) in [6.07, 6.45) is 0.197. The quantitative estimate of drug-likeness (QED) is 0.781. The lowest BCUT2D eigenvalue weighted by atomic mass is 10.1. The highest BCUT2D eigenvalue weighted by Gasteiger charge is 2.04. The molecule has 0 aliphatic rings. The van der Waals surface area contributed by atoms with E-state index in [1.54, 1.807) is 0 Å². The van der Waals surface area contributed by atoms with Gasteiger partial charge in [-0.1, -0.05) is 12.1 Å². The van der Waals surface area contributed by atoms with Gasteiger partial charge in [0.25, 0.3) is 0 Å². The Labute approximate surface area is 90.0 Å². The largest absolute Gasteiger partial charge is 0.491 e. The van der Waals surface area contributed by atoms with Crippen molar-refractivity contribution in [2.75, 3.05) is 5.88 Å². The maximum atomic E-state index is 5.77. The normalized spacial score (nSPS) is 12.9. The molecule has 2 nitrogen and oxygen atoms in total. The molecule has 1 unspecified atom stereocenters. The van der Waals surface area contributed by atoms with Gasteiger partial charge in [-0.15, -0.1) is 11.6 Å². The fraction of sp³-hybridized carbons (Fsp3) is 0.455. The van der Waals surface area contributed by atoms with Gasteiger partial charge in [-0.2, -0.15) is 0 Å². The van der Waals surface area contributed by atoms with Crippen molar-refractivity contribution in [3.63, 3.8) is 0 Å². The molecule has 1 aromatic rings. The van der Waals surface area contributed by atoms with Crippen LogP contribution < -0.4 is 10.5 Å². The van der Waals surface area contributed by atoms with Crippen LogP contribution in [0.3, 0.4) is 0 Å². The van der Waals surface area contributed by atoms with E-state index in [-0.39, 0.29) is 12.1 Å². The van der Waals surface area contributed by atoms with Crippen molar-refractivity contribution in [3.05, 3.63) is 29.8 Å². The Balaban J connectivity index is 2.68. The van der Waals surface area contributed by atoms with E-state index < -0.39 is 0 Å². The molecule has 0 aliphatic carbocycles. The number of hydrogen-bond donors (Lipinski definition) is 1. The minimum absolute atomic E-state index is 0.0928. The Hall–Kier alpha value is -0.730. The molecule has 0 saturated carbocycles. The van der Waals surface area contributed by atoms with E-state index in [0.717, 1.165) is 11.3 Å². The van der Waals surface area contributed by atoms with Crippen molar-refractivity contribution < 1.29 is 4.74 Å². The Bertz CT molecular complexity index is 271. The first-order chi connectivity index (χ1) is 6.63. The molecule has 0 fully saturated rings. The molecule has 0 bridgehead atoms. The van der Waals surface area contributed by atoms with E-state index in [2.05, 4.69) is 0 Å². The lowest BCUT2D eigenvalue weighted by Gasteiger charge is -2.12. The Morgan fingerprint density at radius 3 is 2.29 bits per heavy atom. The molecule has 0 amide bonds. The molecule has 2 N–H and O–H groups in total. The molecule has 14 heavy (non-hydrogen) atoms. The Morgan fingerprint density at radius 2 is 1.86 bits per heavy atom. The van der Waals surface area contributed by atoms with E-state index in [0.29, 0.717) is 5.88 Å². The number of alkyl halides is 1. The lowest BCUT2D eigenvalue weighted by Crippen LogP contribution is -2.11. The molecule has 78 valence electrons. The number of rotatable bonds is 4. The van der Waals surface area contributed by atoms with Crippen molar-refractivity contribution in [2.45, 2.75) is 26.0 Å². The van der Waals surface area contributed by atoms with Crippen molar-refractivity contribution >= 4 is 11.6 Å². The second kappa shape index (κ2) is 5.23. The second-order valence-electron chi connectivity index (χ2n) is 3.50. The fourth-order valence-corrected chi connectivity index (χ4v) is 1.33. The summed E-state index contributed by atoms with van der Waals surface area (Å²) < 4.78 is 5.51. The van der Waals surface area contributed by atoms with E-state index in [1.807, 2.05) is 38.1 Å². The molecule has 3 heteroatoms. The molecular formula is C11H16ClNO. The number of halogens is 1. The van der Waals surface area contributed by atoms with E-state index >= 15 is 0 Å². The number of ether oxygens (including phenoxy) is 1. The zero-order valence-corrected chi connectivity index (χ0v) is 9.29. The number of nitrogens with two attached hydrogens (primary N) is 1. The predicted octanol–water partition coefficient (Wildman–Crippen LogP) is 2.71. The van der Waals surface area contributed by atoms with Gasteiger partial charge < -0.3 is 10.5 Å². The molecule has 0 heterocycles. The zero-order chi connectivity index (χ0) is 10.6. The molecule has 1 atom stereocenters. The van der Waals surface area contributed by atoms with Crippen LogP contribution in [0.25, 0.3) is 0 Å². The predicted molar refractivity (Wildman–Crippen MR) is 59.9 cm³/mol. The van der Waals surface area contributed by atoms with E-state index in [4.69, 9.17) is 22.1 Å². The van der Waals surface area contributed by atoms with Crippen LogP contribution in [0, 0.1) is 0 Å². The van der Waals surface area contributed by atoms with Crippen LogP contribution in [0.4, 0.5) is 0 Å². The SMILES string of the molecule is CC(C)Oc1ccc(C(N)CCl)cc1. The third-order valence-electron chi connectivity index (χ3n) is 1.85. The summed E-state index contributed by atoms with van der Waals surface area (Å²) in [5.41, 5.74) is 6.81. The monoisotopic (exact) mass is 213 g/mol. The van der Waals surface area contributed by atoms with Gasteiger partial charge >= 0.3 is 0 Å². The molecule has 1 rings (SSSR count). The minimum atomic E-state index is -0.0928. The highest BCUT2D eigenvalue weighted by Crippen LogP contribution is 2.17. The summed E-state index contributed by atoms with van der Waals surface area (Å²) >= 11 is 5.65. The van der Waals surface area contributed by atoms with Gasteiger partial charge in [-0.25, -0.2) is 0 Å². The molecule has 0 aliphatic heterocycles. The van der Waals surface area contributed by atoms with Crippen LogP contribution in [0.15, 0.2) is 24.3 Å². The summed E-state index contributed by atoms with van der Waals surface area (Å²) in [5.74, 6) is 1.30. The summed E-state index contributed by atoms with van der Waals surface area (Å²) in [5, 5.41) is 0. The standard InChI is InChI=1S/C11H16ClNO/c1-8(2)14-10-5-3-9(4-6-10)11(13)7-12/h3-6,8,11H,7,13H2,1-2H3. The van der Waals surface area contributed by atoms with Gasteiger partial charge in [-0.3, -0.25) is 0 Å². The van der Waals surface area contributed by atoms with Crippen molar-refractivity contribution in [1.82, 2.24) is 0 Å². The van der Waals surface area contributed by atoms with Crippen LogP contribution in [0.1, 0.15) is 25.5 Å². The minimum Gasteiger partial charge on any atom is -0.491 e. The molecular weight excluding hydrogens is 198 g/mol. The van der Waals surface area contributed by atoms with Crippen molar-refractivity contribution in [3.8, 4) is 5.75 Å². The van der Waals surface area contributed by atoms with Crippen LogP contribution in [0.2, 0.25) is 0 Å². The first-order valence-electron chi connectivity index (χ1n) is 4.71. The second-order valence-corrected chi connectivity index (χ2v) is 3.81. The third kappa shape index (κ3) is 3.20. The summed E-state index contributed by atoms with van der Waals surface area (Å²) in [6.45, 7) is 4.00. The number of hydrogen-bond acceptors (Lipinski definition) is 2. The Kier molecular flexibility index (Phi) is 4.23. The van der Waals surface area contributed by atoms with Gasteiger partial charge in [-0.05, 0) is 31.5 Å². The molecule has 0 aromatic heterocycles. The van der Waals surface area contributed by atoms with Crippen LogP contribution in [0.5, 0.6) is 5.75 Å². The smallest absolute Gasteiger partial charge is 0.119 e. The van der Waals surface area contributed by atoms with Crippen molar-refractivity contribution in [1.29, 1.82) is 0 Å². The van der Waals surface area contributed by atoms with E-state index in [9.17, 15) is 0 Å². The third-order valence-corrected chi connectivity index (χ3v) is 2.18. The van der Waals surface area contributed by atoms with Gasteiger partial charge in [0.2, 0.25) is 0 Å². The summed E-state index contributed by atoms with van der Waals surface area (Å²) in [7, 11) is 0. The maximum Gasteiger partial charge on any atom is 0.119 e. The highest BCUT2D eigenvalue weighted by molar-refractivity contribution is 6.18. The van der Waals surface area contributed by atoms with E-state index in [1.165, 1.54) is 0 Å². The summed E-state index contributed by atoms with van der Waals surface area (Å²) in [6, 6.07) is 7.64. The van der Waals surface area contributed by atoms with Gasteiger partial charge in [0.05, 0.1) is 6.10 Å². The first-order valence-corrected chi connectivity index (χ1v) is 5.25. The summed E-state index contributed by atoms with van der Waals surface area (Å²) in [4.78, 5) is 0. The first kappa shape index (κ1) is 11.3. The average molecular weight is 214 g/mol. The van der Waals surface area contributed by atoms with Gasteiger partial charge in [0.15, 0.2) is 0 Å². The molecule has 0 radical (unpaired) electrons. The van der Waals surface area contributed by atoms with Gasteiger partial charge in [0, 0.05) is 11.9 Å². The molecule has 0 spiro atoms. The van der Waals surface area contributed by atoms with Crippen LogP contribution in [-0.4, -0.2) is 12.0 Å².